The number of anilines is 1. The molecule has 1 rings (SSSR count). The Labute approximate surface area is 86.2 Å². The normalized spacial score (nSPS) is 11.2. The molecule has 0 saturated heterocycles. The Morgan fingerprint density at radius 1 is 1.29 bits per heavy atom. The standard InChI is InChI=1S/C13H17N/c1-10(2)9-11(3)12-7-5-6-8-13(12)14-4/h5-9,14H,1H2,2-4H3/b11-9+. The lowest BCUT2D eigenvalue weighted by molar-refractivity contribution is 1.45. The number of benzene rings is 1. The van der Waals surface area contributed by atoms with Crippen LogP contribution in [0.5, 0.6) is 0 Å². The van der Waals surface area contributed by atoms with Gasteiger partial charge in [-0.25, -0.2) is 0 Å². The fourth-order valence-electron chi connectivity index (χ4n) is 1.49. The summed E-state index contributed by atoms with van der Waals surface area (Å²) in [7, 11) is 1.94. The maximum atomic E-state index is 3.88. The number of hydrogen-bond acceptors (Lipinski definition) is 1. The van der Waals surface area contributed by atoms with Gasteiger partial charge >= 0.3 is 0 Å². The second-order valence-corrected chi connectivity index (χ2v) is 3.47. The largest absolute Gasteiger partial charge is 0.388 e. The van der Waals surface area contributed by atoms with Crippen molar-refractivity contribution in [3.8, 4) is 0 Å². The summed E-state index contributed by atoms with van der Waals surface area (Å²) in [5, 5.41) is 3.18. The summed E-state index contributed by atoms with van der Waals surface area (Å²) >= 11 is 0. The number of hydrogen-bond donors (Lipinski definition) is 1. The highest BCUT2D eigenvalue weighted by molar-refractivity contribution is 5.76. The smallest absolute Gasteiger partial charge is 0.0413 e. The first kappa shape index (κ1) is 10.6. The Morgan fingerprint density at radius 3 is 2.50 bits per heavy atom. The van der Waals surface area contributed by atoms with Gasteiger partial charge in [-0.15, -0.1) is 0 Å². The van der Waals surface area contributed by atoms with E-state index in [9.17, 15) is 0 Å². The molecule has 0 radical (unpaired) electrons. The first-order valence-corrected chi connectivity index (χ1v) is 4.76. The Hall–Kier alpha value is -1.50. The molecule has 1 aromatic carbocycles. The summed E-state index contributed by atoms with van der Waals surface area (Å²) < 4.78 is 0. The van der Waals surface area contributed by atoms with Crippen molar-refractivity contribution in [3.63, 3.8) is 0 Å². The van der Waals surface area contributed by atoms with Gasteiger partial charge in [-0.05, 0) is 25.5 Å². The summed E-state index contributed by atoms with van der Waals surface area (Å²) in [5.74, 6) is 0. The van der Waals surface area contributed by atoms with Gasteiger partial charge in [0.05, 0.1) is 0 Å². The Balaban J connectivity index is 3.11. The molecule has 1 N–H and O–H groups in total. The highest BCUT2D eigenvalue weighted by Gasteiger charge is 2.00. The second kappa shape index (κ2) is 4.66. The minimum absolute atomic E-state index is 1.08. The van der Waals surface area contributed by atoms with E-state index in [-0.39, 0.29) is 0 Å². The molecule has 1 nitrogen and oxygen atoms in total. The Bertz CT molecular complexity index is 361. The first-order valence-electron chi connectivity index (χ1n) is 4.76. The first-order chi connectivity index (χ1) is 6.65. The maximum Gasteiger partial charge on any atom is 0.0413 e. The average molecular weight is 187 g/mol. The lowest BCUT2D eigenvalue weighted by atomic mass is 10.0. The van der Waals surface area contributed by atoms with E-state index >= 15 is 0 Å². The molecule has 0 saturated carbocycles. The van der Waals surface area contributed by atoms with Crippen LogP contribution in [0.3, 0.4) is 0 Å². The minimum Gasteiger partial charge on any atom is -0.388 e. The van der Waals surface area contributed by atoms with Gasteiger partial charge in [-0.1, -0.05) is 36.4 Å². The van der Waals surface area contributed by atoms with Gasteiger partial charge in [0.2, 0.25) is 0 Å². The predicted molar refractivity (Wildman–Crippen MR) is 64.5 cm³/mol. The van der Waals surface area contributed by atoms with Crippen molar-refractivity contribution >= 4 is 11.3 Å². The van der Waals surface area contributed by atoms with Gasteiger partial charge in [-0.2, -0.15) is 0 Å². The molecule has 0 amide bonds. The summed E-state index contributed by atoms with van der Waals surface area (Å²) in [6.45, 7) is 7.99. The molecule has 0 aliphatic heterocycles. The van der Waals surface area contributed by atoms with Crippen molar-refractivity contribution < 1.29 is 0 Å². The Kier molecular flexibility index (Phi) is 3.52. The zero-order valence-corrected chi connectivity index (χ0v) is 9.09. The molecule has 0 atom stereocenters. The summed E-state index contributed by atoms with van der Waals surface area (Å²) in [6.07, 6.45) is 2.09. The van der Waals surface area contributed by atoms with Gasteiger partial charge in [-0.3, -0.25) is 0 Å². The molecule has 0 spiro atoms. The molecule has 1 heteroatoms. The van der Waals surface area contributed by atoms with Gasteiger partial charge in [0.1, 0.15) is 0 Å². The lowest BCUT2D eigenvalue weighted by Gasteiger charge is -2.08. The van der Waals surface area contributed by atoms with Crippen LogP contribution in [-0.2, 0) is 0 Å². The van der Waals surface area contributed by atoms with Crippen molar-refractivity contribution in [2.75, 3.05) is 12.4 Å². The molecule has 0 aliphatic rings. The van der Waals surface area contributed by atoms with E-state index in [1.54, 1.807) is 0 Å². The van der Waals surface area contributed by atoms with Gasteiger partial charge in [0.25, 0.3) is 0 Å². The molecule has 0 aromatic heterocycles. The number of allylic oxidation sites excluding steroid dienone is 3. The quantitative estimate of drug-likeness (QED) is 0.711. The number of para-hydroxylation sites is 1. The van der Waals surface area contributed by atoms with E-state index in [1.807, 2.05) is 26.1 Å². The monoisotopic (exact) mass is 187 g/mol. The predicted octanol–water partition coefficient (Wildman–Crippen LogP) is 3.71. The van der Waals surface area contributed by atoms with Crippen LogP contribution in [-0.4, -0.2) is 7.05 Å². The highest BCUT2D eigenvalue weighted by atomic mass is 14.8. The van der Waals surface area contributed by atoms with E-state index in [1.165, 1.54) is 11.1 Å². The SMILES string of the molecule is C=C(C)/C=C(\C)c1ccccc1NC. The van der Waals surface area contributed by atoms with Crippen LogP contribution in [0, 0.1) is 0 Å². The minimum atomic E-state index is 1.08. The molecule has 1 aromatic rings. The van der Waals surface area contributed by atoms with Gasteiger partial charge < -0.3 is 5.32 Å². The zero-order chi connectivity index (χ0) is 10.6. The molecule has 0 fully saturated rings. The average Bonchev–Trinajstić information content (AvgIpc) is 2.16. The molecule has 0 unspecified atom stereocenters. The molecular weight excluding hydrogens is 170 g/mol. The molecule has 14 heavy (non-hydrogen) atoms. The van der Waals surface area contributed by atoms with Crippen LogP contribution < -0.4 is 5.32 Å². The van der Waals surface area contributed by atoms with Crippen LogP contribution in [0.25, 0.3) is 5.57 Å². The molecule has 0 heterocycles. The van der Waals surface area contributed by atoms with Gasteiger partial charge in [0.15, 0.2) is 0 Å². The third-order valence-electron chi connectivity index (χ3n) is 2.08. The van der Waals surface area contributed by atoms with Crippen LogP contribution in [0.15, 0.2) is 42.5 Å². The van der Waals surface area contributed by atoms with Crippen molar-refractivity contribution in [3.05, 3.63) is 48.1 Å². The second-order valence-electron chi connectivity index (χ2n) is 3.47. The van der Waals surface area contributed by atoms with E-state index in [4.69, 9.17) is 0 Å². The van der Waals surface area contributed by atoms with E-state index < -0.39 is 0 Å². The molecular formula is C13H17N. The Morgan fingerprint density at radius 2 is 1.93 bits per heavy atom. The zero-order valence-electron chi connectivity index (χ0n) is 9.09. The molecule has 0 aliphatic carbocycles. The van der Waals surface area contributed by atoms with Crippen molar-refractivity contribution in [2.45, 2.75) is 13.8 Å². The van der Waals surface area contributed by atoms with E-state index in [0.717, 1.165) is 11.3 Å². The fourth-order valence-corrected chi connectivity index (χ4v) is 1.49. The summed E-state index contributed by atoms with van der Waals surface area (Å²) in [4.78, 5) is 0. The highest BCUT2D eigenvalue weighted by Crippen LogP contribution is 2.23. The fraction of sp³-hybridized carbons (Fsp3) is 0.231. The maximum absolute atomic E-state index is 3.88. The van der Waals surface area contributed by atoms with Crippen LogP contribution in [0.1, 0.15) is 19.4 Å². The van der Waals surface area contributed by atoms with Gasteiger partial charge in [0, 0.05) is 18.3 Å². The third-order valence-corrected chi connectivity index (χ3v) is 2.08. The van der Waals surface area contributed by atoms with Crippen molar-refractivity contribution in [2.24, 2.45) is 0 Å². The molecule has 0 bridgehead atoms. The summed E-state index contributed by atoms with van der Waals surface area (Å²) in [6, 6.07) is 8.26. The van der Waals surface area contributed by atoms with Crippen LogP contribution in [0.4, 0.5) is 5.69 Å². The lowest BCUT2D eigenvalue weighted by Crippen LogP contribution is -1.93. The molecule has 74 valence electrons. The van der Waals surface area contributed by atoms with Crippen LogP contribution >= 0.6 is 0 Å². The van der Waals surface area contributed by atoms with Crippen molar-refractivity contribution in [1.29, 1.82) is 0 Å². The van der Waals surface area contributed by atoms with Crippen LogP contribution in [0.2, 0.25) is 0 Å². The summed E-state index contributed by atoms with van der Waals surface area (Å²) in [5.41, 5.74) is 4.70. The van der Waals surface area contributed by atoms with Crippen molar-refractivity contribution in [1.82, 2.24) is 0 Å². The van der Waals surface area contributed by atoms with E-state index in [0.29, 0.717) is 0 Å². The number of nitrogens with one attached hydrogen (secondary N) is 1. The third kappa shape index (κ3) is 2.49. The number of rotatable bonds is 3. The van der Waals surface area contributed by atoms with E-state index in [2.05, 4.69) is 37.0 Å². The topological polar surface area (TPSA) is 12.0 Å².